The van der Waals surface area contributed by atoms with Crippen molar-refractivity contribution in [1.29, 1.82) is 0 Å². The van der Waals surface area contributed by atoms with Crippen LogP contribution in [0.2, 0.25) is 0 Å². The predicted octanol–water partition coefficient (Wildman–Crippen LogP) is 5.20. The molecule has 1 amide bonds. The van der Waals surface area contributed by atoms with Gasteiger partial charge in [0.15, 0.2) is 11.5 Å². The molecule has 3 aromatic carbocycles. The number of carbonyl (C=O) groups is 2. The maximum atomic E-state index is 13.6. The molecule has 4 aliphatic rings. The van der Waals surface area contributed by atoms with Crippen molar-refractivity contribution < 1.29 is 23.8 Å². The van der Waals surface area contributed by atoms with Crippen LogP contribution in [0.15, 0.2) is 78.9 Å². The van der Waals surface area contributed by atoms with Gasteiger partial charge in [0.25, 0.3) is 0 Å². The summed E-state index contributed by atoms with van der Waals surface area (Å²) < 4.78 is 19.4. The molecule has 5 atom stereocenters. The minimum atomic E-state index is -0.774. The summed E-state index contributed by atoms with van der Waals surface area (Å²) in [5, 5.41) is 0. The van der Waals surface area contributed by atoms with E-state index in [2.05, 4.69) is 35.2 Å². The van der Waals surface area contributed by atoms with Gasteiger partial charge in [-0.2, -0.15) is 0 Å². The molecule has 1 saturated carbocycles. The van der Waals surface area contributed by atoms with Gasteiger partial charge in [0.2, 0.25) is 5.91 Å². The Morgan fingerprint density at radius 2 is 1.80 bits per heavy atom. The molecule has 1 spiro atoms. The zero-order valence-corrected chi connectivity index (χ0v) is 25.7. The fraction of sp³-hybridized carbons (Fsp3) is 0.405. The molecular formula is C37H40N2O5. The highest BCUT2D eigenvalue weighted by atomic mass is 16.6. The van der Waals surface area contributed by atoms with Crippen LogP contribution in [-0.4, -0.2) is 72.7 Å². The van der Waals surface area contributed by atoms with Crippen molar-refractivity contribution in [1.82, 2.24) is 9.80 Å². The van der Waals surface area contributed by atoms with Crippen LogP contribution in [-0.2, 0) is 32.6 Å². The predicted molar refractivity (Wildman–Crippen MR) is 169 cm³/mol. The molecule has 2 heterocycles. The number of hydrogen-bond donors (Lipinski definition) is 0. The number of nitrogens with zero attached hydrogens (tertiary/aromatic N) is 2. The Hall–Kier alpha value is -4.10. The van der Waals surface area contributed by atoms with Gasteiger partial charge >= 0.3 is 5.97 Å². The van der Waals surface area contributed by atoms with E-state index in [4.69, 9.17) is 14.2 Å². The number of esters is 1. The third-order valence-corrected chi connectivity index (χ3v) is 10.6. The van der Waals surface area contributed by atoms with Crippen LogP contribution in [0.1, 0.15) is 48.4 Å². The number of carbonyl (C=O) groups excluding carboxylic acids is 2. The zero-order chi connectivity index (χ0) is 30.5. The molecule has 0 radical (unpaired) electrons. The second-order valence-corrected chi connectivity index (χ2v) is 12.7. The summed E-state index contributed by atoms with van der Waals surface area (Å²) in [6, 6.07) is 24.4. The van der Waals surface area contributed by atoms with Gasteiger partial charge in [0.1, 0.15) is 11.7 Å². The number of amides is 1. The number of ether oxygens (including phenoxy) is 3. The van der Waals surface area contributed by atoms with E-state index < -0.39 is 11.0 Å². The standard InChI is InChI=1S/C37H40N2O5/c1-25(40)44-37-20-18-29(38(2)32(41)17-14-26-10-6-4-7-11-26)35-36(37)21-23-39(22-19-27-12-8-5-9-13-27)31(37)24-28-15-16-30(42-3)34(43-35)33(28)36/h4-17,29,31,35H,18-24H2,1-3H3/b17-14+/t29?,31-,35?,36+,37-/m1/s1. The Morgan fingerprint density at radius 3 is 2.52 bits per heavy atom. The van der Waals surface area contributed by atoms with Crippen LogP contribution in [0, 0.1) is 0 Å². The number of likely N-dealkylation sites (tertiary alicyclic amines) is 1. The van der Waals surface area contributed by atoms with E-state index in [0.29, 0.717) is 18.6 Å². The first-order valence-corrected chi connectivity index (χ1v) is 15.7. The summed E-state index contributed by atoms with van der Waals surface area (Å²) in [6.45, 7) is 3.26. The zero-order valence-electron chi connectivity index (χ0n) is 25.7. The second-order valence-electron chi connectivity index (χ2n) is 12.7. The Balaban J connectivity index is 1.29. The smallest absolute Gasteiger partial charge is 0.303 e. The molecule has 2 fully saturated rings. The van der Waals surface area contributed by atoms with Crippen LogP contribution in [0.5, 0.6) is 11.5 Å². The van der Waals surface area contributed by atoms with E-state index in [1.165, 1.54) is 18.1 Å². The lowest BCUT2D eigenvalue weighted by molar-refractivity contribution is -0.223. The average molecular weight is 593 g/mol. The summed E-state index contributed by atoms with van der Waals surface area (Å²) in [4.78, 5) is 31.0. The second kappa shape index (κ2) is 11.1. The highest BCUT2D eigenvalue weighted by Gasteiger charge is 2.75. The van der Waals surface area contributed by atoms with Gasteiger partial charge in [-0.05, 0) is 67.5 Å². The quantitative estimate of drug-likeness (QED) is 0.265. The van der Waals surface area contributed by atoms with Crippen molar-refractivity contribution in [3.8, 4) is 11.5 Å². The average Bonchev–Trinajstić information content (AvgIpc) is 3.39. The van der Waals surface area contributed by atoms with Crippen LogP contribution in [0.3, 0.4) is 0 Å². The summed E-state index contributed by atoms with van der Waals surface area (Å²) in [7, 11) is 3.54. The fourth-order valence-electron chi connectivity index (χ4n) is 8.78. The fourth-order valence-corrected chi connectivity index (χ4v) is 8.78. The van der Waals surface area contributed by atoms with Crippen molar-refractivity contribution >= 4 is 18.0 Å². The van der Waals surface area contributed by atoms with E-state index >= 15 is 0 Å². The summed E-state index contributed by atoms with van der Waals surface area (Å²) in [6.07, 6.45) is 6.90. The maximum absolute atomic E-state index is 13.6. The Labute approximate surface area is 259 Å². The molecule has 7 heteroatoms. The molecule has 0 aromatic heterocycles. The van der Waals surface area contributed by atoms with Crippen LogP contribution >= 0.6 is 0 Å². The molecule has 3 aromatic rings. The molecule has 228 valence electrons. The van der Waals surface area contributed by atoms with Crippen LogP contribution in [0.4, 0.5) is 0 Å². The Kier molecular flexibility index (Phi) is 7.24. The molecule has 2 aliphatic heterocycles. The normalized spacial score (nSPS) is 28.2. The highest BCUT2D eigenvalue weighted by Crippen LogP contribution is 2.67. The Bertz CT molecular complexity index is 1590. The van der Waals surface area contributed by atoms with Crippen LogP contribution < -0.4 is 9.47 Å². The first kappa shape index (κ1) is 28.7. The number of likely N-dealkylation sites (N-methyl/N-ethyl adjacent to an activating group) is 1. The Morgan fingerprint density at radius 1 is 1.05 bits per heavy atom. The highest BCUT2D eigenvalue weighted by molar-refractivity contribution is 5.92. The molecule has 7 rings (SSSR count). The van der Waals surface area contributed by atoms with Crippen molar-refractivity contribution in [3.05, 3.63) is 101 Å². The largest absolute Gasteiger partial charge is 0.493 e. The summed E-state index contributed by atoms with van der Waals surface area (Å²) in [5.74, 6) is 1.09. The minimum Gasteiger partial charge on any atom is -0.493 e. The van der Waals surface area contributed by atoms with E-state index in [-0.39, 0.29) is 30.1 Å². The molecule has 7 nitrogen and oxygen atoms in total. The van der Waals surface area contributed by atoms with Crippen LogP contribution in [0.25, 0.3) is 6.08 Å². The van der Waals surface area contributed by atoms with Gasteiger partial charge in [0, 0.05) is 32.2 Å². The van der Waals surface area contributed by atoms with Crippen molar-refractivity contribution in [2.75, 3.05) is 27.2 Å². The third kappa shape index (κ3) is 4.35. The molecule has 2 bridgehead atoms. The van der Waals surface area contributed by atoms with Gasteiger partial charge in [-0.15, -0.1) is 0 Å². The first-order chi connectivity index (χ1) is 21.4. The lowest BCUT2D eigenvalue weighted by Gasteiger charge is -2.65. The summed E-state index contributed by atoms with van der Waals surface area (Å²) in [5.41, 5.74) is 3.24. The molecule has 1 saturated heterocycles. The number of benzene rings is 3. The van der Waals surface area contributed by atoms with Crippen molar-refractivity contribution in [3.63, 3.8) is 0 Å². The van der Waals surface area contributed by atoms with Gasteiger partial charge in [-0.1, -0.05) is 66.7 Å². The van der Waals surface area contributed by atoms with E-state index in [1.807, 2.05) is 60.5 Å². The van der Waals surface area contributed by atoms with Gasteiger partial charge in [0.05, 0.1) is 24.6 Å². The lowest BCUT2D eigenvalue weighted by atomic mass is 9.48. The van der Waals surface area contributed by atoms with Crippen molar-refractivity contribution in [2.45, 2.75) is 68.2 Å². The number of rotatable bonds is 8. The summed E-state index contributed by atoms with van der Waals surface area (Å²) >= 11 is 0. The van der Waals surface area contributed by atoms with Crippen molar-refractivity contribution in [2.24, 2.45) is 0 Å². The topological polar surface area (TPSA) is 68.3 Å². The first-order valence-electron chi connectivity index (χ1n) is 15.7. The molecule has 0 N–H and O–H groups in total. The minimum absolute atomic E-state index is 0.00161. The van der Waals surface area contributed by atoms with E-state index in [0.717, 1.165) is 49.2 Å². The molecule has 2 aliphatic carbocycles. The number of methoxy groups -OCH3 is 1. The maximum Gasteiger partial charge on any atom is 0.303 e. The van der Waals surface area contributed by atoms with E-state index in [9.17, 15) is 9.59 Å². The van der Waals surface area contributed by atoms with Gasteiger partial charge in [-0.3, -0.25) is 14.5 Å². The molecule has 2 unspecified atom stereocenters. The SMILES string of the molecule is COc1ccc2c3c1OC1C(N(C)C(=O)/C=C/c4ccccc4)CC[C@@]4(OC(C)=O)[C@@H](C2)N(CCc2ccccc2)CC[C@]314. The van der Waals surface area contributed by atoms with Gasteiger partial charge in [-0.25, -0.2) is 0 Å². The number of hydrogen-bond acceptors (Lipinski definition) is 6. The number of piperidine rings is 1. The lowest BCUT2D eigenvalue weighted by Crippen LogP contribution is -2.79. The van der Waals surface area contributed by atoms with E-state index in [1.54, 1.807) is 13.2 Å². The molecule has 44 heavy (non-hydrogen) atoms. The van der Waals surface area contributed by atoms with Gasteiger partial charge < -0.3 is 19.1 Å². The molecular weight excluding hydrogens is 552 g/mol. The monoisotopic (exact) mass is 592 g/mol. The third-order valence-electron chi connectivity index (χ3n) is 10.6.